The van der Waals surface area contributed by atoms with E-state index in [0.29, 0.717) is 44.7 Å². The summed E-state index contributed by atoms with van der Waals surface area (Å²) >= 11 is 0. The van der Waals surface area contributed by atoms with Crippen molar-refractivity contribution in [3.8, 4) is 0 Å². The first-order valence-corrected chi connectivity index (χ1v) is 9.43. The van der Waals surface area contributed by atoms with E-state index in [1.54, 1.807) is 29.2 Å². The molecular weight excluding hydrogens is 348 g/mol. The fourth-order valence-corrected chi connectivity index (χ4v) is 3.87. The lowest BCUT2D eigenvalue weighted by molar-refractivity contribution is -0.168. The molecule has 1 atom stereocenters. The van der Waals surface area contributed by atoms with E-state index in [1.165, 1.54) is 0 Å². The van der Waals surface area contributed by atoms with Crippen molar-refractivity contribution in [3.05, 3.63) is 35.9 Å². The largest absolute Gasteiger partial charge is 0.447 e. The normalized spacial score (nSPS) is 20.1. The molecule has 2 amide bonds. The van der Waals surface area contributed by atoms with E-state index in [0.717, 1.165) is 12.8 Å². The third kappa shape index (κ3) is 4.47. The van der Waals surface area contributed by atoms with Crippen molar-refractivity contribution in [1.29, 1.82) is 0 Å². The molecule has 1 heterocycles. The Hall–Kier alpha value is -2.41. The van der Waals surface area contributed by atoms with Crippen LogP contribution in [0.1, 0.15) is 43.8 Å². The van der Waals surface area contributed by atoms with E-state index in [-0.39, 0.29) is 12.3 Å². The molecule has 1 aromatic carbocycles. The topological polar surface area (TPSA) is 98.9 Å². The van der Waals surface area contributed by atoms with Crippen LogP contribution in [0.15, 0.2) is 30.3 Å². The maximum absolute atomic E-state index is 13.0. The summed E-state index contributed by atoms with van der Waals surface area (Å²) in [6, 6.07) is 8.72. The summed E-state index contributed by atoms with van der Waals surface area (Å²) in [5.41, 5.74) is 5.13. The molecule has 0 bridgehead atoms. The van der Waals surface area contributed by atoms with Gasteiger partial charge in [0, 0.05) is 25.1 Å². The van der Waals surface area contributed by atoms with Gasteiger partial charge in [0.1, 0.15) is 0 Å². The summed E-state index contributed by atoms with van der Waals surface area (Å²) in [6.45, 7) is 2.11. The number of carbonyl (C=O) groups excluding carboxylic acids is 3. The fraction of sp³-hybridized carbons (Fsp3) is 0.550. The van der Waals surface area contributed by atoms with Crippen LogP contribution in [-0.2, 0) is 23.9 Å². The Morgan fingerprint density at radius 1 is 1.11 bits per heavy atom. The molecule has 2 N–H and O–H groups in total. The van der Waals surface area contributed by atoms with E-state index < -0.39 is 23.4 Å². The lowest BCUT2D eigenvalue weighted by Gasteiger charge is -2.32. The minimum atomic E-state index is -1.14. The first-order chi connectivity index (χ1) is 13.0. The van der Waals surface area contributed by atoms with E-state index in [4.69, 9.17) is 15.2 Å². The molecule has 2 aliphatic rings. The standard InChI is InChI=1S/C20H26N2O5/c21-18(24)17(15-6-2-1-3-7-15)27-19(25)20(8-4-5-9-20)14-16(23)22-10-12-26-13-11-22/h1-3,6-7,17H,4-5,8-14H2,(H2,21,24)/t17-/m0/s1. The van der Waals surface area contributed by atoms with Gasteiger partial charge in [-0.2, -0.15) is 0 Å². The first kappa shape index (κ1) is 19.4. The van der Waals surface area contributed by atoms with Gasteiger partial charge in [-0.15, -0.1) is 0 Å². The van der Waals surface area contributed by atoms with Crippen molar-refractivity contribution in [1.82, 2.24) is 4.90 Å². The average molecular weight is 374 g/mol. The highest BCUT2D eigenvalue weighted by Gasteiger charge is 2.46. The van der Waals surface area contributed by atoms with Crippen LogP contribution in [-0.4, -0.2) is 49.0 Å². The number of carbonyl (C=O) groups is 3. The van der Waals surface area contributed by atoms with E-state index in [1.807, 2.05) is 6.07 Å². The van der Waals surface area contributed by atoms with Crippen molar-refractivity contribution in [3.63, 3.8) is 0 Å². The number of esters is 1. The summed E-state index contributed by atoms with van der Waals surface area (Å²) < 4.78 is 10.8. The van der Waals surface area contributed by atoms with E-state index >= 15 is 0 Å². The summed E-state index contributed by atoms with van der Waals surface area (Å²) in [6.07, 6.45) is 1.85. The molecule has 1 saturated carbocycles. The highest BCUT2D eigenvalue weighted by molar-refractivity contribution is 5.89. The highest BCUT2D eigenvalue weighted by atomic mass is 16.5. The average Bonchev–Trinajstić information content (AvgIpc) is 3.16. The van der Waals surface area contributed by atoms with Crippen LogP contribution in [0.4, 0.5) is 0 Å². The molecule has 27 heavy (non-hydrogen) atoms. The zero-order chi connectivity index (χ0) is 19.3. The number of hydrogen-bond acceptors (Lipinski definition) is 5. The molecule has 0 spiro atoms. The number of amides is 2. The zero-order valence-corrected chi connectivity index (χ0v) is 15.4. The monoisotopic (exact) mass is 374 g/mol. The molecule has 7 nitrogen and oxygen atoms in total. The van der Waals surface area contributed by atoms with Gasteiger partial charge in [0.25, 0.3) is 5.91 Å². The van der Waals surface area contributed by atoms with Gasteiger partial charge in [-0.05, 0) is 12.8 Å². The Kier molecular flexibility index (Phi) is 6.11. The molecule has 1 aliphatic heterocycles. The van der Waals surface area contributed by atoms with Crippen LogP contribution in [0.25, 0.3) is 0 Å². The lowest BCUT2D eigenvalue weighted by atomic mass is 9.82. The number of ether oxygens (including phenoxy) is 2. The van der Waals surface area contributed by atoms with Gasteiger partial charge in [0.15, 0.2) is 0 Å². The second-order valence-electron chi connectivity index (χ2n) is 7.26. The van der Waals surface area contributed by atoms with Crippen molar-refractivity contribution in [2.45, 2.75) is 38.2 Å². The summed E-state index contributed by atoms with van der Waals surface area (Å²) in [7, 11) is 0. The van der Waals surface area contributed by atoms with Gasteiger partial charge in [0.2, 0.25) is 12.0 Å². The number of nitrogens with two attached hydrogens (primary N) is 1. The van der Waals surface area contributed by atoms with Crippen LogP contribution >= 0.6 is 0 Å². The molecule has 1 saturated heterocycles. The Morgan fingerprint density at radius 3 is 2.33 bits per heavy atom. The number of benzene rings is 1. The fourth-order valence-electron chi connectivity index (χ4n) is 3.87. The predicted molar refractivity (Wildman–Crippen MR) is 97.4 cm³/mol. The molecule has 3 rings (SSSR count). The highest BCUT2D eigenvalue weighted by Crippen LogP contribution is 2.43. The van der Waals surface area contributed by atoms with Crippen molar-refractivity contribution in [2.75, 3.05) is 26.3 Å². The maximum atomic E-state index is 13.0. The Morgan fingerprint density at radius 2 is 1.74 bits per heavy atom. The molecule has 1 aromatic rings. The second-order valence-corrected chi connectivity index (χ2v) is 7.26. The van der Waals surface area contributed by atoms with Crippen LogP contribution in [0.5, 0.6) is 0 Å². The molecule has 0 unspecified atom stereocenters. The van der Waals surface area contributed by atoms with Gasteiger partial charge in [-0.25, -0.2) is 0 Å². The molecule has 0 aromatic heterocycles. The Balaban J connectivity index is 1.74. The third-order valence-corrected chi connectivity index (χ3v) is 5.43. The number of hydrogen-bond donors (Lipinski definition) is 1. The van der Waals surface area contributed by atoms with Gasteiger partial charge < -0.3 is 20.1 Å². The Labute approximate surface area is 158 Å². The van der Waals surface area contributed by atoms with Gasteiger partial charge >= 0.3 is 5.97 Å². The SMILES string of the molecule is NC(=O)[C@@H](OC(=O)C1(CC(=O)N2CCOCC2)CCCC1)c1ccccc1. The molecular formula is C20H26N2O5. The number of nitrogens with zero attached hydrogens (tertiary/aromatic N) is 1. The minimum Gasteiger partial charge on any atom is -0.447 e. The number of rotatable bonds is 6. The summed E-state index contributed by atoms with van der Waals surface area (Å²) in [4.78, 5) is 39.4. The molecule has 7 heteroatoms. The first-order valence-electron chi connectivity index (χ1n) is 9.43. The van der Waals surface area contributed by atoms with Gasteiger partial charge in [0.05, 0.1) is 18.6 Å². The summed E-state index contributed by atoms with van der Waals surface area (Å²) in [5, 5.41) is 0. The number of primary amides is 1. The zero-order valence-electron chi connectivity index (χ0n) is 15.4. The third-order valence-electron chi connectivity index (χ3n) is 5.43. The second kappa shape index (κ2) is 8.52. The van der Waals surface area contributed by atoms with Crippen LogP contribution in [0.2, 0.25) is 0 Å². The van der Waals surface area contributed by atoms with E-state index in [9.17, 15) is 14.4 Å². The summed E-state index contributed by atoms with van der Waals surface area (Å²) in [5.74, 6) is -1.29. The smallest absolute Gasteiger partial charge is 0.313 e. The van der Waals surface area contributed by atoms with Crippen molar-refractivity contribution < 1.29 is 23.9 Å². The van der Waals surface area contributed by atoms with Crippen LogP contribution < -0.4 is 5.73 Å². The van der Waals surface area contributed by atoms with E-state index in [2.05, 4.69) is 0 Å². The molecule has 146 valence electrons. The molecule has 1 aliphatic carbocycles. The Bertz CT molecular complexity index is 679. The van der Waals surface area contributed by atoms with Crippen LogP contribution in [0, 0.1) is 5.41 Å². The predicted octanol–water partition coefficient (Wildman–Crippen LogP) is 1.57. The minimum absolute atomic E-state index is 0.0625. The molecule has 0 radical (unpaired) electrons. The number of morpholine rings is 1. The van der Waals surface area contributed by atoms with Crippen molar-refractivity contribution in [2.24, 2.45) is 11.1 Å². The molecule has 2 fully saturated rings. The quantitative estimate of drug-likeness (QED) is 0.762. The van der Waals surface area contributed by atoms with Crippen LogP contribution in [0.3, 0.4) is 0 Å². The maximum Gasteiger partial charge on any atom is 0.313 e. The van der Waals surface area contributed by atoms with Crippen molar-refractivity contribution >= 4 is 17.8 Å². The van der Waals surface area contributed by atoms with Gasteiger partial charge in [-0.3, -0.25) is 14.4 Å². The van der Waals surface area contributed by atoms with Gasteiger partial charge in [-0.1, -0.05) is 43.2 Å². The lowest BCUT2D eigenvalue weighted by Crippen LogP contribution is -2.44.